The molecule has 6 nitrogen and oxygen atoms in total. The predicted octanol–water partition coefficient (Wildman–Crippen LogP) is 2.24. The Morgan fingerprint density at radius 1 is 1.61 bits per heavy atom. The highest BCUT2D eigenvalue weighted by atomic mass is 16.2. The number of rotatable bonds is 3. The van der Waals surface area contributed by atoms with Gasteiger partial charge in [-0.05, 0) is 36.1 Å². The van der Waals surface area contributed by atoms with Crippen LogP contribution in [0.1, 0.15) is 12.0 Å². The van der Waals surface area contributed by atoms with Crippen LogP contribution in [0.4, 0.5) is 11.4 Å². The van der Waals surface area contributed by atoms with Gasteiger partial charge in [-0.1, -0.05) is 11.2 Å². The van der Waals surface area contributed by atoms with E-state index in [-0.39, 0.29) is 11.8 Å². The van der Waals surface area contributed by atoms with E-state index in [2.05, 4.69) is 10.0 Å². The molecule has 1 aliphatic rings. The molecule has 0 aromatic heterocycles. The highest BCUT2D eigenvalue weighted by Crippen LogP contribution is 2.27. The van der Waals surface area contributed by atoms with Gasteiger partial charge in [-0.2, -0.15) is 0 Å². The van der Waals surface area contributed by atoms with Crippen LogP contribution in [0.5, 0.6) is 0 Å². The van der Waals surface area contributed by atoms with Crippen molar-refractivity contribution in [1.29, 1.82) is 0 Å². The zero-order valence-electron chi connectivity index (χ0n) is 10.2. The maximum atomic E-state index is 11.9. The topological polar surface area (TPSA) is 95.1 Å². The first-order chi connectivity index (χ1) is 8.61. The molecular weight excluding hydrogens is 230 g/mol. The minimum Gasteiger partial charge on any atom is -0.398 e. The van der Waals surface area contributed by atoms with E-state index in [4.69, 9.17) is 11.3 Å². The first kappa shape index (κ1) is 12.3. The van der Waals surface area contributed by atoms with Gasteiger partial charge in [-0.15, -0.1) is 0 Å². The lowest BCUT2D eigenvalue weighted by Crippen LogP contribution is -2.24. The summed E-state index contributed by atoms with van der Waals surface area (Å²) < 4.78 is 0. The molecule has 18 heavy (non-hydrogen) atoms. The van der Waals surface area contributed by atoms with Gasteiger partial charge in [0.2, 0.25) is 5.91 Å². The summed E-state index contributed by atoms with van der Waals surface area (Å²) in [6, 6.07) is 5.60. The monoisotopic (exact) mass is 245 g/mol. The lowest BCUT2D eigenvalue weighted by molar-refractivity contribution is -0.117. The van der Waals surface area contributed by atoms with Crippen LogP contribution in [0.15, 0.2) is 23.3 Å². The van der Waals surface area contributed by atoms with Crippen molar-refractivity contribution in [3.8, 4) is 0 Å². The van der Waals surface area contributed by atoms with Crippen molar-refractivity contribution < 1.29 is 4.79 Å². The zero-order chi connectivity index (χ0) is 13.1. The molecule has 1 amide bonds. The molecular formula is C12H15N5O. The van der Waals surface area contributed by atoms with Crippen molar-refractivity contribution in [3.05, 3.63) is 34.2 Å². The molecule has 1 fully saturated rings. The fourth-order valence-corrected chi connectivity index (χ4v) is 2.10. The van der Waals surface area contributed by atoms with E-state index < -0.39 is 0 Å². The molecule has 1 aliphatic heterocycles. The first-order valence-electron chi connectivity index (χ1n) is 5.79. The molecule has 0 saturated carbocycles. The zero-order valence-corrected chi connectivity index (χ0v) is 10.2. The minimum absolute atomic E-state index is 0.0522. The molecule has 0 spiro atoms. The van der Waals surface area contributed by atoms with Crippen LogP contribution in [-0.2, 0) is 4.79 Å². The highest BCUT2D eigenvalue weighted by molar-refractivity contribution is 5.96. The van der Waals surface area contributed by atoms with Gasteiger partial charge in [0.25, 0.3) is 0 Å². The molecule has 2 N–H and O–H groups in total. The number of aryl methyl sites for hydroxylation is 1. The number of benzene rings is 1. The third-order valence-corrected chi connectivity index (χ3v) is 3.18. The third kappa shape index (κ3) is 2.38. The average Bonchev–Trinajstić information content (AvgIpc) is 2.71. The van der Waals surface area contributed by atoms with Crippen LogP contribution in [-0.4, -0.2) is 19.0 Å². The Hall–Kier alpha value is -2.20. The number of azide groups is 1. The summed E-state index contributed by atoms with van der Waals surface area (Å²) in [5.74, 6) is 0.146. The van der Waals surface area contributed by atoms with Crippen molar-refractivity contribution in [2.45, 2.75) is 13.3 Å². The van der Waals surface area contributed by atoms with Crippen molar-refractivity contribution in [1.82, 2.24) is 0 Å². The Morgan fingerprint density at radius 3 is 3.06 bits per heavy atom. The Bertz CT molecular complexity index is 521. The lowest BCUT2D eigenvalue weighted by atomic mass is 10.1. The van der Waals surface area contributed by atoms with Crippen LogP contribution < -0.4 is 10.6 Å². The second kappa shape index (κ2) is 4.98. The molecule has 1 aromatic rings. The molecule has 1 saturated heterocycles. The van der Waals surface area contributed by atoms with Crippen molar-refractivity contribution in [3.63, 3.8) is 0 Å². The van der Waals surface area contributed by atoms with E-state index >= 15 is 0 Å². The normalized spacial score (nSPS) is 18.8. The minimum atomic E-state index is 0.0522. The Morgan fingerprint density at radius 2 is 2.39 bits per heavy atom. The standard InChI is InChI=1S/C12H15N5O/c1-8-2-3-10(5-11(8)13)17-7-9(4-12(17)18)6-15-16-14/h2-3,5,9H,4,6-7,13H2,1H3. The number of hydrogen-bond acceptors (Lipinski definition) is 3. The van der Waals surface area contributed by atoms with Crippen LogP contribution in [0, 0.1) is 12.8 Å². The molecule has 1 heterocycles. The third-order valence-electron chi connectivity index (χ3n) is 3.18. The molecule has 2 rings (SSSR count). The fourth-order valence-electron chi connectivity index (χ4n) is 2.10. The number of nitrogen functional groups attached to an aromatic ring is 1. The lowest BCUT2D eigenvalue weighted by Gasteiger charge is -2.17. The van der Waals surface area contributed by atoms with E-state index in [1.54, 1.807) is 4.90 Å². The summed E-state index contributed by atoms with van der Waals surface area (Å²) in [5.41, 5.74) is 16.6. The van der Waals surface area contributed by atoms with Crippen LogP contribution in [0.2, 0.25) is 0 Å². The largest absolute Gasteiger partial charge is 0.398 e. The first-order valence-corrected chi connectivity index (χ1v) is 5.79. The molecule has 0 bridgehead atoms. The second-order valence-electron chi connectivity index (χ2n) is 4.53. The number of carbonyl (C=O) groups is 1. The quantitative estimate of drug-likeness (QED) is 0.382. The molecule has 1 unspecified atom stereocenters. The van der Waals surface area contributed by atoms with E-state index in [1.807, 2.05) is 25.1 Å². The molecule has 94 valence electrons. The summed E-state index contributed by atoms with van der Waals surface area (Å²) >= 11 is 0. The Kier molecular flexibility index (Phi) is 3.39. The summed E-state index contributed by atoms with van der Waals surface area (Å²) in [5, 5.41) is 3.53. The van der Waals surface area contributed by atoms with Crippen molar-refractivity contribution in [2.24, 2.45) is 11.0 Å². The maximum absolute atomic E-state index is 11.9. The van der Waals surface area contributed by atoms with Gasteiger partial charge in [-0.3, -0.25) is 4.79 Å². The number of amides is 1. The molecule has 1 atom stereocenters. The second-order valence-corrected chi connectivity index (χ2v) is 4.53. The molecule has 0 aliphatic carbocycles. The Balaban J connectivity index is 2.16. The highest BCUT2D eigenvalue weighted by Gasteiger charge is 2.30. The van der Waals surface area contributed by atoms with Gasteiger partial charge >= 0.3 is 0 Å². The molecule has 0 radical (unpaired) electrons. The van der Waals surface area contributed by atoms with Crippen LogP contribution in [0.3, 0.4) is 0 Å². The number of carbonyl (C=O) groups excluding carboxylic acids is 1. The predicted molar refractivity (Wildman–Crippen MR) is 70.1 cm³/mol. The number of nitrogens with zero attached hydrogens (tertiary/aromatic N) is 4. The van der Waals surface area contributed by atoms with Gasteiger partial charge < -0.3 is 10.6 Å². The number of anilines is 2. The number of hydrogen-bond donors (Lipinski definition) is 1. The number of nitrogens with two attached hydrogens (primary N) is 1. The van der Waals surface area contributed by atoms with Gasteiger partial charge in [0.15, 0.2) is 0 Å². The van der Waals surface area contributed by atoms with E-state index in [0.717, 1.165) is 11.3 Å². The Labute approximate surface area is 105 Å². The smallest absolute Gasteiger partial charge is 0.227 e. The summed E-state index contributed by atoms with van der Waals surface area (Å²) in [6.45, 7) is 2.87. The fraction of sp³-hybridized carbons (Fsp3) is 0.417. The molecule has 1 aromatic carbocycles. The summed E-state index contributed by atoms with van der Waals surface area (Å²) in [7, 11) is 0. The van der Waals surface area contributed by atoms with Crippen molar-refractivity contribution in [2.75, 3.05) is 23.7 Å². The van der Waals surface area contributed by atoms with Gasteiger partial charge in [0, 0.05) is 35.8 Å². The average molecular weight is 245 g/mol. The van der Waals surface area contributed by atoms with Crippen LogP contribution in [0.25, 0.3) is 10.4 Å². The summed E-state index contributed by atoms with van der Waals surface area (Å²) in [4.78, 5) is 16.3. The SMILES string of the molecule is Cc1ccc(N2CC(CN=[N+]=[N-])CC2=O)cc1N. The van der Waals surface area contributed by atoms with Crippen LogP contribution >= 0.6 is 0 Å². The summed E-state index contributed by atoms with van der Waals surface area (Å²) in [6.07, 6.45) is 0.423. The van der Waals surface area contributed by atoms with Gasteiger partial charge in [0.1, 0.15) is 0 Å². The molecule has 6 heteroatoms. The maximum Gasteiger partial charge on any atom is 0.227 e. The van der Waals surface area contributed by atoms with E-state index in [9.17, 15) is 4.79 Å². The van der Waals surface area contributed by atoms with Gasteiger partial charge in [0.05, 0.1) is 0 Å². The van der Waals surface area contributed by atoms with Crippen molar-refractivity contribution >= 4 is 17.3 Å². The van der Waals surface area contributed by atoms with Gasteiger partial charge in [-0.25, -0.2) is 0 Å². The van der Waals surface area contributed by atoms with E-state index in [0.29, 0.717) is 25.2 Å². The van der Waals surface area contributed by atoms with E-state index in [1.165, 1.54) is 0 Å².